The van der Waals surface area contributed by atoms with Crippen molar-refractivity contribution in [1.29, 1.82) is 0 Å². The molecule has 0 aromatic carbocycles. The van der Waals surface area contributed by atoms with Crippen molar-refractivity contribution in [3.63, 3.8) is 0 Å². The fourth-order valence-electron chi connectivity index (χ4n) is 4.22. The quantitative estimate of drug-likeness (QED) is 0.319. The molecule has 176 valence electrons. The maximum absolute atomic E-state index is 12.4. The van der Waals surface area contributed by atoms with Gasteiger partial charge in [-0.1, -0.05) is 13.8 Å². The van der Waals surface area contributed by atoms with E-state index in [-0.39, 0.29) is 36.1 Å². The van der Waals surface area contributed by atoms with Gasteiger partial charge < -0.3 is 25.2 Å². The largest absolute Gasteiger partial charge is 0.444 e. The number of nitrogens with one attached hydrogen (secondary N) is 2. The third-order valence-electron chi connectivity index (χ3n) is 5.42. The van der Waals surface area contributed by atoms with Crippen LogP contribution in [-0.2, 0) is 4.74 Å². The van der Waals surface area contributed by atoms with Crippen LogP contribution in [0, 0.1) is 11.8 Å². The van der Waals surface area contributed by atoms with Crippen molar-refractivity contribution in [2.45, 2.75) is 71.9 Å². The van der Waals surface area contributed by atoms with Crippen molar-refractivity contribution in [2.75, 3.05) is 46.3 Å². The smallest absolute Gasteiger partial charge is 0.410 e. The number of guanidine groups is 1. The first-order valence-corrected chi connectivity index (χ1v) is 11.3. The molecule has 8 heteroatoms. The lowest BCUT2D eigenvalue weighted by Crippen LogP contribution is -2.54. The van der Waals surface area contributed by atoms with Gasteiger partial charge in [0.25, 0.3) is 0 Å². The Balaban J connectivity index is 0.00000450. The van der Waals surface area contributed by atoms with E-state index in [4.69, 9.17) is 4.74 Å². The molecule has 0 saturated carbocycles. The highest BCUT2D eigenvalue weighted by atomic mass is 127. The highest BCUT2D eigenvalue weighted by Crippen LogP contribution is 2.17. The molecular weight excluding hydrogens is 493 g/mol. The zero-order valence-electron chi connectivity index (χ0n) is 19.9. The summed E-state index contributed by atoms with van der Waals surface area (Å²) in [5.74, 6) is 2.21. The molecule has 2 aliphatic rings. The maximum atomic E-state index is 12.4. The Kier molecular flexibility index (Phi) is 11.8. The zero-order chi connectivity index (χ0) is 21.4. The summed E-state index contributed by atoms with van der Waals surface area (Å²) in [5, 5.41) is 7.03. The Labute approximate surface area is 200 Å². The van der Waals surface area contributed by atoms with Crippen LogP contribution in [0.4, 0.5) is 4.79 Å². The summed E-state index contributed by atoms with van der Waals surface area (Å²) in [7, 11) is 1.82. The Morgan fingerprint density at radius 2 is 1.87 bits per heavy atom. The van der Waals surface area contributed by atoms with E-state index in [9.17, 15) is 4.79 Å². The topological polar surface area (TPSA) is 69.2 Å². The molecule has 2 aliphatic heterocycles. The van der Waals surface area contributed by atoms with Crippen LogP contribution >= 0.6 is 24.0 Å². The molecule has 7 nitrogen and oxygen atoms in total. The summed E-state index contributed by atoms with van der Waals surface area (Å²) >= 11 is 0. The molecule has 0 bridgehead atoms. The third kappa shape index (κ3) is 10.0. The van der Waals surface area contributed by atoms with Crippen LogP contribution < -0.4 is 10.6 Å². The molecule has 0 aromatic heterocycles. The SMILES string of the molecule is CN=C(NCC1CCCN(CC(C)C)C1)NC1CCCN(C(=O)OC(C)(C)C)C1.I. The zero-order valence-corrected chi connectivity index (χ0v) is 22.2. The minimum absolute atomic E-state index is 0. The van der Waals surface area contributed by atoms with Crippen molar-refractivity contribution < 1.29 is 9.53 Å². The summed E-state index contributed by atoms with van der Waals surface area (Å²) in [6, 6.07) is 0.200. The molecule has 2 heterocycles. The molecule has 1 amide bonds. The van der Waals surface area contributed by atoms with Crippen LogP contribution in [0.15, 0.2) is 4.99 Å². The number of hydrogen-bond donors (Lipinski definition) is 2. The molecule has 0 aliphatic carbocycles. The van der Waals surface area contributed by atoms with E-state index in [1.54, 1.807) is 0 Å². The van der Waals surface area contributed by atoms with Gasteiger partial charge in [0.05, 0.1) is 0 Å². The van der Waals surface area contributed by atoms with Gasteiger partial charge in [-0.25, -0.2) is 4.79 Å². The van der Waals surface area contributed by atoms with Crippen molar-refractivity contribution in [2.24, 2.45) is 16.8 Å². The van der Waals surface area contributed by atoms with Gasteiger partial charge in [-0.2, -0.15) is 0 Å². The highest BCUT2D eigenvalue weighted by Gasteiger charge is 2.28. The number of piperidine rings is 2. The number of hydrogen-bond acceptors (Lipinski definition) is 4. The lowest BCUT2D eigenvalue weighted by molar-refractivity contribution is 0.0193. The lowest BCUT2D eigenvalue weighted by atomic mass is 9.97. The monoisotopic (exact) mass is 537 g/mol. The molecule has 2 atom stereocenters. The predicted octanol–water partition coefficient (Wildman–Crippen LogP) is 3.54. The van der Waals surface area contributed by atoms with E-state index >= 15 is 0 Å². The van der Waals surface area contributed by atoms with Crippen LogP contribution in [-0.4, -0.2) is 79.8 Å². The summed E-state index contributed by atoms with van der Waals surface area (Å²) in [4.78, 5) is 21.2. The number of likely N-dealkylation sites (tertiary alicyclic amines) is 2. The van der Waals surface area contributed by atoms with Gasteiger partial charge in [0.2, 0.25) is 0 Å². The first kappa shape index (κ1) is 27.3. The second-order valence-corrected chi connectivity index (χ2v) is 10.0. The van der Waals surface area contributed by atoms with Gasteiger partial charge in [-0.05, 0) is 64.8 Å². The van der Waals surface area contributed by atoms with E-state index < -0.39 is 5.60 Å². The van der Waals surface area contributed by atoms with E-state index in [1.807, 2.05) is 32.7 Å². The molecule has 0 spiro atoms. The first-order valence-electron chi connectivity index (χ1n) is 11.3. The minimum Gasteiger partial charge on any atom is -0.444 e. The van der Waals surface area contributed by atoms with Gasteiger partial charge >= 0.3 is 6.09 Å². The molecule has 2 N–H and O–H groups in total. The maximum Gasteiger partial charge on any atom is 0.410 e. The molecule has 0 aromatic rings. The van der Waals surface area contributed by atoms with Gasteiger partial charge in [-0.15, -0.1) is 24.0 Å². The molecule has 2 rings (SSSR count). The van der Waals surface area contributed by atoms with E-state index in [1.165, 1.54) is 25.9 Å². The second kappa shape index (κ2) is 12.9. The van der Waals surface area contributed by atoms with Crippen molar-refractivity contribution in [1.82, 2.24) is 20.4 Å². The lowest BCUT2D eigenvalue weighted by Gasteiger charge is -2.36. The number of nitrogens with zero attached hydrogens (tertiary/aromatic N) is 3. The first-order chi connectivity index (χ1) is 13.7. The number of rotatable bonds is 5. The van der Waals surface area contributed by atoms with Crippen LogP contribution in [0.1, 0.15) is 60.3 Å². The number of carbonyl (C=O) groups is 1. The summed E-state index contributed by atoms with van der Waals surface area (Å²) in [6.45, 7) is 16.2. The van der Waals surface area contributed by atoms with Gasteiger partial charge in [0.15, 0.2) is 5.96 Å². The predicted molar refractivity (Wildman–Crippen MR) is 135 cm³/mol. The molecule has 2 unspecified atom stereocenters. The molecule has 30 heavy (non-hydrogen) atoms. The number of ether oxygens (including phenoxy) is 1. The summed E-state index contributed by atoms with van der Waals surface area (Å²) < 4.78 is 5.53. The standard InChI is InChI=1S/C22H43N5O2.HI/c1-17(2)14-26-11-7-9-18(15-26)13-24-20(23-6)25-19-10-8-12-27(16-19)21(28)29-22(3,4)5;/h17-19H,7-16H2,1-6H3,(H2,23,24,25);1H. The molecule has 2 saturated heterocycles. The molecule has 0 radical (unpaired) electrons. The third-order valence-corrected chi connectivity index (χ3v) is 5.42. The summed E-state index contributed by atoms with van der Waals surface area (Å²) in [6.07, 6.45) is 4.33. The van der Waals surface area contributed by atoms with Gasteiger partial charge in [0, 0.05) is 45.8 Å². The van der Waals surface area contributed by atoms with Crippen LogP contribution in [0.5, 0.6) is 0 Å². The minimum atomic E-state index is -0.460. The van der Waals surface area contributed by atoms with Crippen molar-refractivity contribution >= 4 is 36.0 Å². The fourth-order valence-corrected chi connectivity index (χ4v) is 4.22. The Morgan fingerprint density at radius 3 is 2.50 bits per heavy atom. The Morgan fingerprint density at radius 1 is 1.17 bits per heavy atom. The van der Waals surface area contributed by atoms with Gasteiger partial charge in [0.1, 0.15) is 5.60 Å². The van der Waals surface area contributed by atoms with E-state index in [0.29, 0.717) is 12.5 Å². The normalized spacial score (nSPS) is 23.7. The number of aliphatic imine (C=N–C) groups is 1. The average Bonchev–Trinajstić information content (AvgIpc) is 2.63. The molecule has 2 fully saturated rings. The fraction of sp³-hybridized carbons (Fsp3) is 0.909. The second-order valence-electron chi connectivity index (χ2n) is 10.0. The highest BCUT2D eigenvalue weighted by molar-refractivity contribution is 14.0. The number of carbonyl (C=O) groups excluding carboxylic acids is 1. The van der Waals surface area contributed by atoms with Crippen LogP contribution in [0.25, 0.3) is 0 Å². The van der Waals surface area contributed by atoms with Crippen molar-refractivity contribution in [3.8, 4) is 0 Å². The molecular formula is C22H44IN5O2. The Hall–Kier alpha value is -0.770. The van der Waals surface area contributed by atoms with Crippen LogP contribution in [0.2, 0.25) is 0 Å². The average molecular weight is 538 g/mol. The van der Waals surface area contributed by atoms with E-state index in [2.05, 4.69) is 34.4 Å². The summed E-state index contributed by atoms with van der Waals surface area (Å²) in [5.41, 5.74) is -0.460. The number of amides is 1. The van der Waals surface area contributed by atoms with E-state index in [0.717, 1.165) is 44.4 Å². The number of halogens is 1. The Bertz CT molecular complexity index is 550. The van der Waals surface area contributed by atoms with Crippen molar-refractivity contribution in [3.05, 3.63) is 0 Å². The van der Waals surface area contributed by atoms with Gasteiger partial charge in [-0.3, -0.25) is 4.99 Å². The van der Waals surface area contributed by atoms with Crippen LogP contribution in [0.3, 0.4) is 0 Å².